The average molecular weight is 488 g/mol. The molecule has 3 nitrogen and oxygen atoms in total. The van der Waals surface area contributed by atoms with Crippen molar-refractivity contribution in [2.24, 2.45) is 23.7 Å². The van der Waals surface area contributed by atoms with Crippen LogP contribution in [0.25, 0.3) is 0 Å². The molecule has 0 amide bonds. The van der Waals surface area contributed by atoms with E-state index in [4.69, 9.17) is 9.47 Å². The first-order valence-corrected chi connectivity index (χ1v) is 12.4. The van der Waals surface area contributed by atoms with Gasteiger partial charge < -0.3 is 14.8 Å². The van der Waals surface area contributed by atoms with Crippen LogP contribution in [0.4, 0.5) is 4.39 Å². The first-order valence-electron chi connectivity index (χ1n) is 11.7. The highest BCUT2D eigenvalue weighted by atomic mass is 79.9. The number of nitrogens with one attached hydrogen (secondary N) is 1. The number of hydrogen-bond acceptors (Lipinski definition) is 3. The molecule has 0 unspecified atom stereocenters. The Bertz CT molecular complexity index is 906. The van der Waals surface area contributed by atoms with E-state index in [-0.39, 0.29) is 12.4 Å². The second-order valence-corrected chi connectivity index (χ2v) is 10.4. The van der Waals surface area contributed by atoms with Gasteiger partial charge in [0.25, 0.3) is 0 Å². The molecule has 2 aromatic carbocycles. The lowest BCUT2D eigenvalue weighted by Crippen LogP contribution is -2.54. The molecule has 0 aromatic heterocycles. The van der Waals surface area contributed by atoms with Gasteiger partial charge in [0.05, 0.1) is 11.1 Å². The molecule has 2 aromatic rings. The SMILES string of the molecule is CCOc1cc(CNC2C3CC4CC(C3)CC2C4)cc(Br)c1OCc1ccccc1F. The van der Waals surface area contributed by atoms with Crippen LogP contribution in [-0.4, -0.2) is 12.6 Å². The minimum atomic E-state index is -0.256. The zero-order chi connectivity index (χ0) is 21.4. The van der Waals surface area contributed by atoms with Crippen molar-refractivity contribution in [3.8, 4) is 11.5 Å². The Labute approximate surface area is 192 Å². The van der Waals surface area contributed by atoms with E-state index in [1.54, 1.807) is 12.1 Å². The zero-order valence-electron chi connectivity index (χ0n) is 18.1. The van der Waals surface area contributed by atoms with Gasteiger partial charge in [0.15, 0.2) is 11.5 Å². The van der Waals surface area contributed by atoms with E-state index in [0.717, 1.165) is 34.7 Å². The number of rotatable bonds is 8. The molecule has 31 heavy (non-hydrogen) atoms. The summed E-state index contributed by atoms with van der Waals surface area (Å²) in [4.78, 5) is 0. The molecule has 1 N–H and O–H groups in total. The van der Waals surface area contributed by atoms with Crippen LogP contribution in [0.15, 0.2) is 40.9 Å². The fourth-order valence-electron chi connectivity index (χ4n) is 6.39. The minimum Gasteiger partial charge on any atom is -0.490 e. The van der Waals surface area contributed by atoms with E-state index in [1.165, 1.54) is 43.7 Å². The first kappa shape index (κ1) is 21.3. The van der Waals surface area contributed by atoms with E-state index in [1.807, 2.05) is 13.0 Å². The molecule has 4 aliphatic rings. The lowest BCUT2D eigenvalue weighted by atomic mass is 9.54. The maximum Gasteiger partial charge on any atom is 0.175 e. The monoisotopic (exact) mass is 487 g/mol. The van der Waals surface area contributed by atoms with Gasteiger partial charge in [0.2, 0.25) is 0 Å². The van der Waals surface area contributed by atoms with Crippen LogP contribution in [0.1, 0.15) is 50.2 Å². The standard InChI is InChI=1S/C26H31BrFNO2/c1-2-30-24-13-18(12-22(27)26(24)31-15-19-5-3-4-6-23(19)28)14-29-25-20-8-16-7-17(10-20)11-21(25)9-16/h3-6,12-13,16-17,20-21,25,29H,2,7-11,14-15H2,1H3. The van der Waals surface area contributed by atoms with E-state index in [0.29, 0.717) is 29.7 Å². The van der Waals surface area contributed by atoms with Crippen LogP contribution in [0.2, 0.25) is 0 Å². The summed E-state index contributed by atoms with van der Waals surface area (Å²) in [5.74, 6) is 4.77. The van der Waals surface area contributed by atoms with Crippen molar-refractivity contribution in [1.82, 2.24) is 5.32 Å². The van der Waals surface area contributed by atoms with Crippen LogP contribution in [-0.2, 0) is 13.2 Å². The van der Waals surface area contributed by atoms with E-state index in [9.17, 15) is 4.39 Å². The third-order valence-corrected chi connectivity index (χ3v) is 8.06. The van der Waals surface area contributed by atoms with Crippen LogP contribution in [0, 0.1) is 29.5 Å². The zero-order valence-corrected chi connectivity index (χ0v) is 19.7. The minimum absolute atomic E-state index is 0.163. The molecule has 0 aliphatic heterocycles. The fourth-order valence-corrected chi connectivity index (χ4v) is 6.99. The predicted octanol–water partition coefficient (Wildman–Crippen LogP) is 6.48. The third kappa shape index (κ3) is 4.49. The summed E-state index contributed by atoms with van der Waals surface area (Å²) in [7, 11) is 0. The van der Waals surface area contributed by atoms with Gasteiger partial charge in [-0.25, -0.2) is 4.39 Å². The molecule has 166 valence electrons. The van der Waals surface area contributed by atoms with Crippen LogP contribution < -0.4 is 14.8 Å². The van der Waals surface area contributed by atoms with Gasteiger partial charge in [-0.3, -0.25) is 0 Å². The van der Waals surface area contributed by atoms with Crippen molar-refractivity contribution in [2.45, 2.75) is 58.2 Å². The van der Waals surface area contributed by atoms with Gasteiger partial charge in [-0.05, 0) is 102 Å². The Morgan fingerprint density at radius 3 is 2.39 bits per heavy atom. The molecule has 4 aliphatic carbocycles. The summed E-state index contributed by atoms with van der Waals surface area (Å²) in [5.41, 5.74) is 1.71. The van der Waals surface area contributed by atoms with E-state index in [2.05, 4.69) is 33.4 Å². The molecule has 0 heterocycles. The molecular weight excluding hydrogens is 457 g/mol. The Morgan fingerprint density at radius 1 is 1.00 bits per heavy atom. The number of ether oxygens (including phenoxy) is 2. The molecule has 0 radical (unpaired) electrons. The van der Waals surface area contributed by atoms with E-state index < -0.39 is 0 Å². The number of benzene rings is 2. The molecule has 4 saturated carbocycles. The molecule has 6 rings (SSSR count). The third-order valence-electron chi connectivity index (χ3n) is 7.47. The number of halogens is 2. The topological polar surface area (TPSA) is 30.5 Å². The molecular formula is C26H31BrFNO2. The highest BCUT2D eigenvalue weighted by Gasteiger charge is 2.47. The second kappa shape index (κ2) is 9.11. The van der Waals surface area contributed by atoms with Gasteiger partial charge in [0.1, 0.15) is 12.4 Å². The molecule has 0 spiro atoms. The Kier molecular flexibility index (Phi) is 6.25. The van der Waals surface area contributed by atoms with Crippen molar-refractivity contribution in [2.75, 3.05) is 6.61 Å². The van der Waals surface area contributed by atoms with Gasteiger partial charge in [0, 0.05) is 18.2 Å². The predicted molar refractivity (Wildman–Crippen MR) is 124 cm³/mol. The van der Waals surface area contributed by atoms with Crippen LogP contribution in [0.3, 0.4) is 0 Å². The number of hydrogen-bond donors (Lipinski definition) is 1. The lowest BCUT2D eigenvalue weighted by molar-refractivity contribution is -0.0142. The van der Waals surface area contributed by atoms with Gasteiger partial charge in [-0.2, -0.15) is 0 Å². The molecule has 5 heteroatoms. The molecule has 4 fully saturated rings. The van der Waals surface area contributed by atoms with Crippen molar-refractivity contribution >= 4 is 15.9 Å². The lowest BCUT2D eigenvalue weighted by Gasteiger charge is -2.54. The van der Waals surface area contributed by atoms with E-state index >= 15 is 0 Å². The Hall–Kier alpha value is -1.59. The molecule has 0 atom stereocenters. The summed E-state index contributed by atoms with van der Waals surface area (Å²) < 4.78 is 26.7. The van der Waals surface area contributed by atoms with Crippen molar-refractivity contribution in [1.29, 1.82) is 0 Å². The highest BCUT2D eigenvalue weighted by Crippen LogP contribution is 2.53. The second-order valence-electron chi connectivity index (χ2n) is 9.56. The smallest absolute Gasteiger partial charge is 0.175 e. The highest BCUT2D eigenvalue weighted by molar-refractivity contribution is 9.10. The van der Waals surface area contributed by atoms with Gasteiger partial charge in [-0.1, -0.05) is 18.2 Å². The summed E-state index contributed by atoms with van der Waals surface area (Å²) in [5, 5.41) is 3.90. The van der Waals surface area contributed by atoms with Gasteiger partial charge in [-0.15, -0.1) is 0 Å². The quantitative estimate of drug-likeness (QED) is 0.462. The molecule has 0 saturated heterocycles. The molecule has 4 bridgehead atoms. The maximum atomic E-state index is 14.0. The van der Waals surface area contributed by atoms with Crippen molar-refractivity contribution < 1.29 is 13.9 Å². The van der Waals surface area contributed by atoms with Crippen LogP contribution in [0.5, 0.6) is 11.5 Å². The average Bonchev–Trinajstić information content (AvgIpc) is 2.73. The Morgan fingerprint density at radius 2 is 1.71 bits per heavy atom. The normalized spacial score (nSPS) is 28.7. The van der Waals surface area contributed by atoms with Crippen LogP contribution >= 0.6 is 15.9 Å². The van der Waals surface area contributed by atoms with Crippen molar-refractivity contribution in [3.63, 3.8) is 0 Å². The summed E-state index contributed by atoms with van der Waals surface area (Å²) in [6.07, 6.45) is 7.16. The van der Waals surface area contributed by atoms with Gasteiger partial charge >= 0.3 is 0 Å². The summed E-state index contributed by atoms with van der Waals surface area (Å²) in [6.45, 7) is 3.51. The maximum absolute atomic E-state index is 14.0. The summed E-state index contributed by atoms with van der Waals surface area (Å²) >= 11 is 3.66. The fraction of sp³-hybridized carbons (Fsp3) is 0.538. The first-order chi connectivity index (χ1) is 15.1. The largest absolute Gasteiger partial charge is 0.490 e. The van der Waals surface area contributed by atoms with Crippen molar-refractivity contribution in [3.05, 3.63) is 57.8 Å². The summed E-state index contributed by atoms with van der Waals surface area (Å²) in [6, 6.07) is 11.5. The Balaban J connectivity index is 1.28.